The first-order valence-corrected chi connectivity index (χ1v) is 8.27. The van der Waals surface area contributed by atoms with Crippen molar-refractivity contribution in [3.8, 4) is 5.75 Å². The van der Waals surface area contributed by atoms with Crippen molar-refractivity contribution >= 4 is 0 Å². The molecule has 2 atom stereocenters. The van der Waals surface area contributed by atoms with Gasteiger partial charge in [0.25, 0.3) is 0 Å². The SMILES string of the molecule is COc1ccc(CN2CC(C3CC3)NCC2C(C)C)cc1. The van der Waals surface area contributed by atoms with Crippen LogP contribution in [0.25, 0.3) is 0 Å². The maximum Gasteiger partial charge on any atom is 0.118 e. The molecule has 2 fully saturated rings. The first-order chi connectivity index (χ1) is 10.2. The van der Waals surface area contributed by atoms with E-state index in [1.807, 2.05) is 0 Å². The summed E-state index contributed by atoms with van der Waals surface area (Å²) in [5, 5.41) is 3.78. The molecule has 1 saturated heterocycles. The van der Waals surface area contributed by atoms with Crippen LogP contribution in [-0.4, -0.2) is 37.2 Å². The summed E-state index contributed by atoms with van der Waals surface area (Å²) in [6, 6.07) is 9.88. The quantitative estimate of drug-likeness (QED) is 0.901. The van der Waals surface area contributed by atoms with Crippen LogP contribution in [0.2, 0.25) is 0 Å². The van der Waals surface area contributed by atoms with Crippen molar-refractivity contribution in [2.45, 2.75) is 45.3 Å². The lowest BCUT2D eigenvalue weighted by Gasteiger charge is -2.42. The molecule has 1 aromatic carbocycles. The fourth-order valence-electron chi connectivity index (χ4n) is 3.47. The van der Waals surface area contributed by atoms with E-state index in [2.05, 4.69) is 48.3 Å². The van der Waals surface area contributed by atoms with Crippen LogP contribution in [0.1, 0.15) is 32.3 Å². The molecule has 1 N–H and O–H groups in total. The summed E-state index contributed by atoms with van der Waals surface area (Å²) < 4.78 is 5.25. The molecule has 3 heteroatoms. The third-order valence-electron chi connectivity index (χ3n) is 4.99. The van der Waals surface area contributed by atoms with E-state index in [0.717, 1.165) is 24.8 Å². The Balaban J connectivity index is 1.68. The standard InChI is InChI=1S/C18H28N2O/c1-13(2)18-10-19-17(15-6-7-15)12-20(18)11-14-4-8-16(21-3)9-5-14/h4-5,8-9,13,15,17-19H,6-7,10-12H2,1-3H3. The topological polar surface area (TPSA) is 24.5 Å². The van der Waals surface area contributed by atoms with E-state index in [9.17, 15) is 0 Å². The first-order valence-electron chi connectivity index (χ1n) is 8.27. The van der Waals surface area contributed by atoms with Gasteiger partial charge in [0.2, 0.25) is 0 Å². The molecule has 2 aliphatic rings. The Morgan fingerprint density at radius 2 is 1.95 bits per heavy atom. The summed E-state index contributed by atoms with van der Waals surface area (Å²) in [6.07, 6.45) is 2.83. The summed E-state index contributed by atoms with van der Waals surface area (Å²) in [5.41, 5.74) is 1.39. The Hall–Kier alpha value is -1.06. The molecule has 1 saturated carbocycles. The van der Waals surface area contributed by atoms with Gasteiger partial charge in [0.05, 0.1) is 7.11 Å². The minimum absolute atomic E-state index is 0.641. The van der Waals surface area contributed by atoms with E-state index in [4.69, 9.17) is 4.74 Å². The first kappa shape index (κ1) is 14.9. The van der Waals surface area contributed by atoms with Crippen LogP contribution in [0.3, 0.4) is 0 Å². The van der Waals surface area contributed by atoms with Crippen LogP contribution in [0, 0.1) is 11.8 Å². The molecule has 3 nitrogen and oxygen atoms in total. The van der Waals surface area contributed by atoms with Crippen LogP contribution in [0.4, 0.5) is 0 Å². The molecule has 0 aromatic heterocycles. The fourth-order valence-corrected chi connectivity index (χ4v) is 3.47. The molecule has 3 rings (SSSR count). The average molecular weight is 288 g/mol. The van der Waals surface area contributed by atoms with Crippen LogP contribution in [0.15, 0.2) is 24.3 Å². The Labute approximate surface area is 128 Å². The van der Waals surface area contributed by atoms with Gasteiger partial charge < -0.3 is 10.1 Å². The highest BCUT2D eigenvalue weighted by molar-refractivity contribution is 5.27. The highest BCUT2D eigenvalue weighted by Crippen LogP contribution is 2.35. The van der Waals surface area contributed by atoms with Crippen LogP contribution < -0.4 is 10.1 Å². The number of methoxy groups -OCH3 is 1. The molecular formula is C18H28N2O. The predicted octanol–water partition coefficient (Wildman–Crippen LogP) is 2.90. The van der Waals surface area contributed by atoms with Gasteiger partial charge in [-0.15, -0.1) is 0 Å². The number of benzene rings is 1. The van der Waals surface area contributed by atoms with E-state index >= 15 is 0 Å². The van der Waals surface area contributed by atoms with Gasteiger partial charge in [-0.25, -0.2) is 0 Å². The molecule has 1 aliphatic carbocycles. The van der Waals surface area contributed by atoms with Crippen molar-refractivity contribution in [2.75, 3.05) is 20.2 Å². The van der Waals surface area contributed by atoms with E-state index < -0.39 is 0 Å². The molecular weight excluding hydrogens is 260 g/mol. The van der Waals surface area contributed by atoms with Gasteiger partial charge in [-0.2, -0.15) is 0 Å². The van der Waals surface area contributed by atoms with Crippen molar-refractivity contribution < 1.29 is 4.74 Å². The Bertz CT molecular complexity index is 453. The van der Waals surface area contributed by atoms with Crippen LogP contribution >= 0.6 is 0 Å². The van der Waals surface area contributed by atoms with E-state index in [0.29, 0.717) is 18.0 Å². The second-order valence-electron chi connectivity index (χ2n) is 6.94. The van der Waals surface area contributed by atoms with Gasteiger partial charge in [0, 0.05) is 31.7 Å². The number of piperazine rings is 1. The van der Waals surface area contributed by atoms with Gasteiger partial charge in [0.1, 0.15) is 5.75 Å². The van der Waals surface area contributed by atoms with Crippen molar-refractivity contribution in [3.63, 3.8) is 0 Å². The minimum atomic E-state index is 0.641. The molecule has 21 heavy (non-hydrogen) atoms. The maximum atomic E-state index is 5.25. The molecule has 0 amide bonds. The molecule has 1 heterocycles. The normalized spacial score (nSPS) is 27.0. The summed E-state index contributed by atoms with van der Waals surface area (Å²) in [5.74, 6) is 2.56. The van der Waals surface area contributed by atoms with Gasteiger partial charge in [-0.1, -0.05) is 26.0 Å². The Kier molecular flexibility index (Phi) is 4.51. The summed E-state index contributed by atoms with van der Waals surface area (Å²) >= 11 is 0. The maximum absolute atomic E-state index is 5.25. The van der Waals surface area contributed by atoms with Crippen molar-refractivity contribution in [2.24, 2.45) is 11.8 Å². The predicted molar refractivity (Wildman–Crippen MR) is 86.5 cm³/mol. The average Bonchev–Trinajstić information content (AvgIpc) is 3.32. The van der Waals surface area contributed by atoms with Crippen molar-refractivity contribution in [1.82, 2.24) is 10.2 Å². The van der Waals surface area contributed by atoms with E-state index in [-0.39, 0.29) is 0 Å². The summed E-state index contributed by atoms with van der Waals surface area (Å²) in [7, 11) is 1.72. The van der Waals surface area contributed by atoms with Crippen molar-refractivity contribution in [1.29, 1.82) is 0 Å². The molecule has 0 bridgehead atoms. The largest absolute Gasteiger partial charge is 0.497 e. The lowest BCUT2D eigenvalue weighted by atomic mass is 9.96. The van der Waals surface area contributed by atoms with E-state index in [1.54, 1.807) is 7.11 Å². The lowest BCUT2D eigenvalue weighted by Crippen LogP contribution is -2.58. The number of hydrogen-bond acceptors (Lipinski definition) is 3. The second kappa shape index (κ2) is 6.37. The summed E-state index contributed by atoms with van der Waals surface area (Å²) in [6.45, 7) is 8.06. The smallest absolute Gasteiger partial charge is 0.118 e. The number of nitrogens with one attached hydrogen (secondary N) is 1. The van der Waals surface area contributed by atoms with Gasteiger partial charge in [-0.05, 0) is 42.4 Å². The molecule has 0 spiro atoms. The Morgan fingerprint density at radius 3 is 2.52 bits per heavy atom. The van der Waals surface area contributed by atoms with Gasteiger partial charge >= 0.3 is 0 Å². The third-order valence-corrected chi connectivity index (χ3v) is 4.99. The number of hydrogen-bond donors (Lipinski definition) is 1. The van der Waals surface area contributed by atoms with Gasteiger partial charge in [-0.3, -0.25) is 4.90 Å². The fraction of sp³-hybridized carbons (Fsp3) is 0.667. The third kappa shape index (κ3) is 3.58. The molecule has 1 aliphatic heterocycles. The number of ether oxygens (including phenoxy) is 1. The number of nitrogens with zero attached hydrogens (tertiary/aromatic N) is 1. The van der Waals surface area contributed by atoms with E-state index in [1.165, 1.54) is 24.9 Å². The van der Waals surface area contributed by atoms with Crippen molar-refractivity contribution in [3.05, 3.63) is 29.8 Å². The molecule has 116 valence electrons. The zero-order valence-electron chi connectivity index (χ0n) is 13.5. The lowest BCUT2D eigenvalue weighted by molar-refractivity contribution is 0.0852. The molecule has 1 aromatic rings. The zero-order chi connectivity index (χ0) is 14.8. The highest BCUT2D eigenvalue weighted by Gasteiger charge is 2.37. The zero-order valence-corrected chi connectivity index (χ0v) is 13.5. The van der Waals surface area contributed by atoms with Crippen LogP contribution in [-0.2, 0) is 6.54 Å². The highest BCUT2D eigenvalue weighted by atomic mass is 16.5. The molecule has 2 unspecified atom stereocenters. The summed E-state index contributed by atoms with van der Waals surface area (Å²) in [4.78, 5) is 2.69. The molecule has 0 radical (unpaired) electrons. The second-order valence-corrected chi connectivity index (χ2v) is 6.94. The van der Waals surface area contributed by atoms with Crippen LogP contribution in [0.5, 0.6) is 5.75 Å². The monoisotopic (exact) mass is 288 g/mol. The Morgan fingerprint density at radius 1 is 1.24 bits per heavy atom. The number of rotatable bonds is 5. The van der Waals surface area contributed by atoms with Gasteiger partial charge in [0.15, 0.2) is 0 Å². The minimum Gasteiger partial charge on any atom is -0.497 e.